The number of esters is 1. The number of nitrogens with one attached hydrogen (secondary N) is 1. The van der Waals surface area contributed by atoms with Gasteiger partial charge in [-0.2, -0.15) is 0 Å². The zero-order valence-electron chi connectivity index (χ0n) is 19.2. The van der Waals surface area contributed by atoms with Crippen LogP contribution in [-0.4, -0.2) is 30.3 Å². The Morgan fingerprint density at radius 3 is 2.06 bits per heavy atom. The number of benzene rings is 2. The normalized spacial score (nSPS) is 18.8. The van der Waals surface area contributed by atoms with E-state index in [1.54, 1.807) is 6.92 Å². The third kappa shape index (κ3) is 8.46. The molecule has 0 aromatic heterocycles. The summed E-state index contributed by atoms with van der Waals surface area (Å²) >= 11 is 0. The lowest BCUT2D eigenvalue weighted by Gasteiger charge is -2.27. The summed E-state index contributed by atoms with van der Waals surface area (Å²) in [6.07, 6.45) is 2.89. The van der Waals surface area contributed by atoms with Crippen molar-refractivity contribution < 1.29 is 23.9 Å². The van der Waals surface area contributed by atoms with Gasteiger partial charge in [0.2, 0.25) is 5.91 Å². The van der Waals surface area contributed by atoms with Crippen LogP contribution in [0.5, 0.6) is 0 Å². The molecule has 0 unspecified atom stereocenters. The van der Waals surface area contributed by atoms with E-state index >= 15 is 0 Å². The van der Waals surface area contributed by atoms with Crippen molar-refractivity contribution in [1.29, 1.82) is 0 Å². The van der Waals surface area contributed by atoms with Gasteiger partial charge in [0.25, 0.3) is 0 Å². The molecule has 33 heavy (non-hydrogen) atoms. The van der Waals surface area contributed by atoms with E-state index in [9.17, 15) is 14.4 Å². The predicted molar refractivity (Wildman–Crippen MR) is 125 cm³/mol. The van der Waals surface area contributed by atoms with Crippen molar-refractivity contribution in [2.24, 2.45) is 11.8 Å². The zero-order chi connectivity index (χ0) is 23.5. The number of amides is 1. The van der Waals surface area contributed by atoms with Crippen LogP contribution in [0.3, 0.4) is 0 Å². The van der Waals surface area contributed by atoms with E-state index in [-0.39, 0.29) is 36.0 Å². The maximum absolute atomic E-state index is 12.5. The lowest BCUT2D eigenvalue weighted by atomic mass is 9.79. The summed E-state index contributed by atoms with van der Waals surface area (Å²) in [6.45, 7) is 2.35. The molecule has 2 aromatic carbocycles. The number of ether oxygens (including phenoxy) is 2. The summed E-state index contributed by atoms with van der Waals surface area (Å²) in [5.41, 5.74) is 1.97. The van der Waals surface area contributed by atoms with Crippen molar-refractivity contribution >= 4 is 17.7 Å². The summed E-state index contributed by atoms with van der Waals surface area (Å²) < 4.78 is 11.0. The predicted octanol–water partition coefficient (Wildman–Crippen LogP) is 4.22. The maximum atomic E-state index is 12.5. The lowest BCUT2D eigenvalue weighted by molar-refractivity contribution is -0.146. The highest BCUT2D eigenvalue weighted by Gasteiger charge is 2.28. The molecular weight excluding hydrogens is 418 g/mol. The van der Waals surface area contributed by atoms with Crippen LogP contribution in [0.15, 0.2) is 60.7 Å². The van der Waals surface area contributed by atoms with Crippen molar-refractivity contribution in [3.05, 3.63) is 71.8 Å². The molecule has 2 aromatic rings. The Morgan fingerprint density at radius 2 is 1.45 bits per heavy atom. The Kier molecular flexibility index (Phi) is 9.63. The van der Waals surface area contributed by atoms with Gasteiger partial charge in [0.05, 0.1) is 13.2 Å². The number of Topliss-reactive ketones (excluding diaryl/α,β-unsaturated/α-hetero) is 1. The van der Waals surface area contributed by atoms with E-state index < -0.39 is 6.10 Å². The van der Waals surface area contributed by atoms with Crippen molar-refractivity contribution in [3.8, 4) is 0 Å². The largest absolute Gasteiger partial charge is 0.461 e. The fourth-order valence-electron chi connectivity index (χ4n) is 4.05. The van der Waals surface area contributed by atoms with Gasteiger partial charge in [0, 0.05) is 12.3 Å². The fourth-order valence-corrected chi connectivity index (χ4v) is 4.05. The van der Waals surface area contributed by atoms with E-state index in [2.05, 4.69) is 5.32 Å². The molecule has 1 atom stereocenters. The number of hydrogen-bond acceptors (Lipinski definition) is 5. The fraction of sp³-hybridized carbons (Fsp3) is 0.444. The van der Waals surface area contributed by atoms with E-state index in [0.29, 0.717) is 19.6 Å². The first-order valence-electron chi connectivity index (χ1n) is 11.7. The third-order valence-corrected chi connectivity index (χ3v) is 6.15. The van der Waals surface area contributed by atoms with E-state index in [1.165, 1.54) is 0 Å². The zero-order valence-corrected chi connectivity index (χ0v) is 19.2. The smallest absolute Gasteiger partial charge is 0.306 e. The first-order valence-corrected chi connectivity index (χ1v) is 11.7. The summed E-state index contributed by atoms with van der Waals surface area (Å²) in [6, 6.07) is 19.3. The highest BCUT2D eigenvalue weighted by molar-refractivity contribution is 5.89. The molecule has 6 nitrogen and oxygen atoms in total. The van der Waals surface area contributed by atoms with Crippen LogP contribution in [0.4, 0.5) is 0 Å². The Bertz CT molecular complexity index is 891. The third-order valence-electron chi connectivity index (χ3n) is 6.15. The minimum Gasteiger partial charge on any atom is -0.461 e. The summed E-state index contributed by atoms with van der Waals surface area (Å²) in [5.74, 6) is -0.246. The van der Waals surface area contributed by atoms with Gasteiger partial charge in [-0.3, -0.25) is 14.4 Å². The van der Waals surface area contributed by atoms with Gasteiger partial charge in [-0.25, -0.2) is 0 Å². The number of rotatable bonds is 11. The van der Waals surface area contributed by atoms with Crippen LogP contribution in [0, 0.1) is 11.8 Å². The number of carbonyl (C=O) groups is 3. The molecule has 0 aliphatic heterocycles. The van der Waals surface area contributed by atoms with Crippen molar-refractivity contribution in [2.75, 3.05) is 6.54 Å². The molecule has 0 bridgehead atoms. The van der Waals surface area contributed by atoms with Crippen LogP contribution in [0.1, 0.15) is 50.2 Å². The van der Waals surface area contributed by atoms with Crippen molar-refractivity contribution in [2.45, 2.75) is 58.3 Å². The number of ketones is 1. The SMILES string of the molecule is C[C@@H](OCc1ccccc1)C(=O)NCC(=O)C1CCC(CC(=O)OCc2ccccc2)CC1. The van der Waals surface area contributed by atoms with Gasteiger partial charge in [0.1, 0.15) is 12.7 Å². The van der Waals surface area contributed by atoms with Crippen LogP contribution < -0.4 is 5.32 Å². The molecule has 1 aliphatic carbocycles. The molecule has 176 valence electrons. The second-order valence-electron chi connectivity index (χ2n) is 8.69. The molecule has 1 aliphatic rings. The van der Waals surface area contributed by atoms with Crippen LogP contribution in [0.25, 0.3) is 0 Å². The minimum atomic E-state index is -0.629. The molecule has 6 heteroatoms. The Labute approximate surface area is 195 Å². The van der Waals surface area contributed by atoms with Gasteiger partial charge in [-0.05, 0) is 49.7 Å². The number of carbonyl (C=O) groups excluding carboxylic acids is 3. The Hall–Kier alpha value is -2.99. The van der Waals surface area contributed by atoms with Crippen LogP contribution in [0.2, 0.25) is 0 Å². The van der Waals surface area contributed by atoms with E-state index in [0.717, 1.165) is 36.8 Å². The van der Waals surface area contributed by atoms with Gasteiger partial charge in [-0.15, -0.1) is 0 Å². The summed E-state index contributed by atoms with van der Waals surface area (Å²) in [5, 5.41) is 2.70. The standard InChI is InChI=1S/C27H33NO5/c1-20(32-18-22-8-4-2-5-9-22)27(31)28-17-25(29)24-14-12-21(13-15-24)16-26(30)33-19-23-10-6-3-7-11-23/h2-11,20-21,24H,12-19H2,1H3,(H,28,31)/t20-,21?,24?/m1/s1. The van der Waals surface area contributed by atoms with E-state index in [1.807, 2.05) is 60.7 Å². The van der Waals surface area contributed by atoms with Gasteiger partial charge >= 0.3 is 5.97 Å². The van der Waals surface area contributed by atoms with E-state index in [4.69, 9.17) is 9.47 Å². The maximum Gasteiger partial charge on any atom is 0.306 e. The Morgan fingerprint density at radius 1 is 0.879 bits per heavy atom. The highest BCUT2D eigenvalue weighted by atomic mass is 16.5. The average Bonchev–Trinajstić information content (AvgIpc) is 2.86. The molecule has 1 N–H and O–H groups in total. The van der Waals surface area contributed by atoms with Crippen LogP contribution in [-0.2, 0) is 37.1 Å². The van der Waals surface area contributed by atoms with Crippen molar-refractivity contribution in [1.82, 2.24) is 5.32 Å². The van der Waals surface area contributed by atoms with Gasteiger partial charge < -0.3 is 14.8 Å². The quantitative estimate of drug-likeness (QED) is 0.518. The van der Waals surface area contributed by atoms with Gasteiger partial charge in [0.15, 0.2) is 5.78 Å². The van der Waals surface area contributed by atoms with Crippen LogP contribution >= 0.6 is 0 Å². The highest BCUT2D eigenvalue weighted by Crippen LogP contribution is 2.31. The first-order chi connectivity index (χ1) is 16.0. The molecule has 0 radical (unpaired) electrons. The molecule has 1 saturated carbocycles. The monoisotopic (exact) mass is 451 g/mol. The Balaban J connectivity index is 1.30. The first kappa shape index (κ1) is 24.6. The summed E-state index contributed by atoms with van der Waals surface area (Å²) in [4.78, 5) is 36.9. The molecule has 1 amide bonds. The molecule has 0 spiro atoms. The topological polar surface area (TPSA) is 81.7 Å². The lowest BCUT2D eigenvalue weighted by Crippen LogP contribution is -2.39. The summed E-state index contributed by atoms with van der Waals surface area (Å²) in [7, 11) is 0. The molecule has 3 rings (SSSR count). The minimum absolute atomic E-state index is 0.0202. The average molecular weight is 452 g/mol. The molecule has 0 heterocycles. The second-order valence-corrected chi connectivity index (χ2v) is 8.69. The number of hydrogen-bond donors (Lipinski definition) is 1. The second kappa shape index (κ2) is 12.9. The molecule has 1 fully saturated rings. The van der Waals surface area contributed by atoms with Gasteiger partial charge in [-0.1, -0.05) is 60.7 Å². The molecular formula is C27H33NO5. The van der Waals surface area contributed by atoms with Crippen molar-refractivity contribution in [3.63, 3.8) is 0 Å². The molecule has 0 saturated heterocycles.